The highest BCUT2D eigenvalue weighted by Crippen LogP contribution is 2.36. The number of benzene rings is 2. The predicted octanol–water partition coefficient (Wildman–Crippen LogP) is 5.68. The lowest BCUT2D eigenvalue weighted by Crippen LogP contribution is -2.32. The van der Waals surface area contributed by atoms with Gasteiger partial charge in [0.25, 0.3) is 5.91 Å². The molecular formula is C28H30N4O6S2. The largest absolute Gasteiger partial charge is 0.476 e. The van der Waals surface area contributed by atoms with Crippen molar-refractivity contribution in [2.45, 2.75) is 52.0 Å². The molecule has 0 spiro atoms. The van der Waals surface area contributed by atoms with E-state index in [9.17, 15) is 23.1 Å². The minimum atomic E-state index is -4.12. The molecule has 2 heterocycles. The molecule has 0 radical (unpaired) electrons. The van der Waals surface area contributed by atoms with Gasteiger partial charge in [0.15, 0.2) is 5.69 Å². The molecular weight excluding hydrogens is 552 g/mol. The van der Waals surface area contributed by atoms with Gasteiger partial charge < -0.3 is 15.2 Å². The molecule has 0 aliphatic heterocycles. The highest BCUT2D eigenvalue weighted by molar-refractivity contribution is 7.89. The van der Waals surface area contributed by atoms with Gasteiger partial charge in [0.1, 0.15) is 10.6 Å². The SMILES string of the molecule is CCC(C)NS(=O)(=O)c1cc(NC(=O)c2cccs2)ccc1Oc1c(C)c(C(=O)O)nn1-c1cc(C)ccc1C. The molecule has 0 aliphatic carbocycles. The van der Waals surface area contributed by atoms with Crippen molar-refractivity contribution < 1.29 is 27.9 Å². The molecule has 0 aliphatic rings. The zero-order valence-electron chi connectivity index (χ0n) is 22.7. The maximum absolute atomic E-state index is 13.5. The lowest BCUT2D eigenvalue weighted by Gasteiger charge is -2.18. The lowest BCUT2D eigenvalue weighted by molar-refractivity contribution is 0.0689. The van der Waals surface area contributed by atoms with Crippen molar-refractivity contribution in [3.05, 3.63) is 81.2 Å². The highest BCUT2D eigenvalue weighted by atomic mass is 32.2. The number of aromatic carboxylic acids is 1. The van der Waals surface area contributed by atoms with Gasteiger partial charge in [-0.25, -0.2) is 17.9 Å². The van der Waals surface area contributed by atoms with Crippen LogP contribution in [0.1, 0.15) is 57.1 Å². The van der Waals surface area contributed by atoms with Crippen molar-refractivity contribution in [2.75, 3.05) is 5.32 Å². The van der Waals surface area contributed by atoms with Gasteiger partial charge >= 0.3 is 5.97 Å². The Kier molecular flexibility index (Phi) is 8.43. The number of sulfonamides is 1. The smallest absolute Gasteiger partial charge is 0.356 e. The standard InChI is InChI=1S/C28H30N4O6S2/c1-6-18(4)31-40(36,37)24-15-20(29-26(33)23-8-7-13-39-23)11-12-22(24)38-27-19(5)25(28(34)35)30-32(27)21-14-16(2)9-10-17(21)3/h7-15,18,31H,6H2,1-5H3,(H,29,33)(H,34,35). The van der Waals surface area contributed by atoms with Crippen LogP contribution in [0.25, 0.3) is 5.69 Å². The third kappa shape index (κ3) is 6.09. The van der Waals surface area contributed by atoms with E-state index in [0.717, 1.165) is 11.1 Å². The number of rotatable bonds is 10. The molecule has 2 aromatic heterocycles. The van der Waals surface area contributed by atoms with Crippen LogP contribution < -0.4 is 14.8 Å². The quantitative estimate of drug-likeness (QED) is 0.219. The van der Waals surface area contributed by atoms with Crippen molar-refractivity contribution in [1.29, 1.82) is 0 Å². The molecule has 1 atom stereocenters. The number of nitrogens with one attached hydrogen (secondary N) is 2. The molecule has 10 nitrogen and oxygen atoms in total. The van der Waals surface area contributed by atoms with Crippen LogP contribution in [0.5, 0.6) is 11.6 Å². The van der Waals surface area contributed by atoms with E-state index in [0.29, 0.717) is 17.0 Å². The first-order chi connectivity index (χ1) is 18.9. The molecule has 0 saturated carbocycles. The van der Waals surface area contributed by atoms with Gasteiger partial charge in [0, 0.05) is 17.3 Å². The number of aryl methyl sites for hydroxylation is 2. The van der Waals surface area contributed by atoms with Crippen molar-refractivity contribution in [3.8, 4) is 17.3 Å². The van der Waals surface area contributed by atoms with E-state index < -0.39 is 16.0 Å². The maximum atomic E-state index is 13.5. The molecule has 210 valence electrons. The summed E-state index contributed by atoms with van der Waals surface area (Å²) >= 11 is 1.26. The van der Waals surface area contributed by atoms with E-state index in [2.05, 4.69) is 15.1 Å². The first kappa shape index (κ1) is 29.0. The zero-order chi connectivity index (χ0) is 29.2. The van der Waals surface area contributed by atoms with Crippen LogP contribution in [0.3, 0.4) is 0 Å². The minimum Gasteiger partial charge on any atom is -0.476 e. The van der Waals surface area contributed by atoms with Gasteiger partial charge in [-0.1, -0.05) is 25.1 Å². The van der Waals surface area contributed by atoms with Gasteiger partial charge in [-0.05, 0) is 81.0 Å². The topological polar surface area (TPSA) is 140 Å². The van der Waals surface area contributed by atoms with Crippen LogP contribution >= 0.6 is 11.3 Å². The van der Waals surface area contributed by atoms with Crippen LogP contribution in [-0.2, 0) is 10.0 Å². The molecule has 1 unspecified atom stereocenters. The number of ether oxygens (including phenoxy) is 1. The second-order valence-electron chi connectivity index (χ2n) is 9.41. The number of anilines is 1. The molecule has 1 amide bonds. The summed E-state index contributed by atoms with van der Waals surface area (Å²) in [6.45, 7) is 8.88. The Hall–Kier alpha value is -4.00. The van der Waals surface area contributed by atoms with Gasteiger partial charge in [-0.2, -0.15) is 9.78 Å². The zero-order valence-corrected chi connectivity index (χ0v) is 24.3. The lowest BCUT2D eigenvalue weighted by atomic mass is 10.1. The third-order valence-electron chi connectivity index (χ3n) is 6.28. The molecule has 0 fully saturated rings. The van der Waals surface area contributed by atoms with Crippen molar-refractivity contribution >= 4 is 38.9 Å². The van der Waals surface area contributed by atoms with Crippen molar-refractivity contribution in [3.63, 3.8) is 0 Å². The third-order valence-corrected chi connectivity index (χ3v) is 8.75. The number of carboxylic acids is 1. The summed E-state index contributed by atoms with van der Waals surface area (Å²) in [6.07, 6.45) is 0.546. The van der Waals surface area contributed by atoms with Crippen LogP contribution in [0.15, 0.2) is 58.8 Å². The molecule has 4 rings (SSSR count). The molecule has 12 heteroatoms. The summed E-state index contributed by atoms with van der Waals surface area (Å²) in [4.78, 5) is 24.9. The Morgan fingerprint density at radius 1 is 1.12 bits per heavy atom. The fraction of sp³-hybridized carbons (Fsp3) is 0.250. The Balaban J connectivity index is 1.85. The number of carboxylic acid groups (broad SMARTS) is 1. The average Bonchev–Trinajstić information content (AvgIpc) is 3.55. The van der Waals surface area contributed by atoms with Crippen LogP contribution in [0.4, 0.5) is 5.69 Å². The number of carbonyl (C=O) groups excluding carboxylic acids is 1. The summed E-state index contributed by atoms with van der Waals surface area (Å²) in [7, 11) is -4.12. The molecule has 0 bridgehead atoms. The molecule has 2 aromatic carbocycles. The van der Waals surface area contributed by atoms with E-state index in [-0.39, 0.29) is 45.4 Å². The fourth-order valence-corrected chi connectivity index (χ4v) is 6.01. The molecule has 0 saturated heterocycles. The van der Waals surface area contributed by atoms with Crippen molar-refractivity contribution in [1.82, 2.24) is 14.5 Å². The predicted molar refractivity (Wildman–Crippen MR) is 154 cm³/mol. The summed E-state index contributed by atoms with van der Waals surface area (Å²) < 4.78 is 37.2. The second kappa shape index (κ2) is 11.6. The summed E-state index contributed by atoms with van der Waals surface area (Å²) in [5, 5.41) is 18.6. The van der Waals surface area contributed by atoms with E-state index in [1.165, 1.54) is 34.2 Å². The summed E-state index contributed by atoms with van der Waals surface area (Å²) in [5.41, 5.74) is 2.57. The van der Waals surface area contributed by atoms with Gasteiger partial charge in [0.2, 0.25) is 15.9 Å². The number of aromatic nitrogens is 2. The Morgan fingerprint density at radius 2 is 1.88 bits per heavy atom. The Morgan fingerprint density at radius 3 is 2.52 bits per heavy atom. The monoisotopic (exact) mass is 582 g/mol. The van der Waals surface area contributed by atoms with Crippen LogP contribution in [0, 0.1) is 20.8 Å². The Labute approximate surface area is 236 Å². The normalized spacial score (nSPS) is 12.2. The van der Waals surface area contributed by atoms with E-state index in [1.807, 2.05) is 39.0 Å². The van der Waals surface area contributed by atoms with Crippen LogP contribution in [-0.4, -0.2) is 41.2 Å². The maximum Gasteiger partial charge on any atom is 0.356 e. The number of nitrogens with zero attached hydrogens (tertiary/aromatic N) is 2. The molecule has 3 N–H and O–H groups in total. The molecule has 40 heavy (non-hydrogen) atoms. The number of thiophene rings is 1. The molecule has 4 aromatic rings. The first-order valence-corrected chi connectivity index (χ1v) is 14.9. The highest BCUT2D eigenvalue weighted by Gasteiger charge is 2.27. The van der Waals surface area contributed by atoms with Gasteiger partial charge in [-0.3, -0.25) is 4.79 Å². The number of carbonyl (C=O) groups is 2. The Bertz CT molecular complexity index is 1680. The summed E-state index contributed by atoms with van der Waals surface area (Å²) in [5.74, 6) is -1.63. The number of amides is 1. The fourth-order valence-electron chi connectivity index (χ4n) is 3.91. The summed E-state index contributed by atoms with van der Waals surface area (Å²) in [6, 6.07) is 12.9. The first-order valence-electron chi connectivity index (χ1n) is 12.5. The van der Waals surface area contributed by atoms with E-state index in [4.69, 9.17) is 4.74 Å². The van der Waals surface area contributed by atoms with E-state index >= 15 is 0 Å². The number of hydrogen-bond acceptors (Lipinski definition) is 7. The average molecular weight is 583 g/mol. The number of hydrogen-bond donors (Lipinski definition) is 3. The van der Waals surface area contributed by atoms with Gasteiger partial charge in [0.05, 0.1) is 10.6 Å². The van der Waals surface area contributed by atoms with Gasteiger partial charge in [-0.15, -0.1) is 11.3 Å². The van der Waals surface area contributed by atoms with E-state index in [1.54, 1.807) is 31.4 Å². The second-order valence-corrected chi connectivity index (χ2v) is 12.0. The van der Waals surface area contributed by atoms with Crippen molar-refractivity contribution in [2.24, 2.45) is 0 Å². The minimum absolute atomic E-state index is 0.0569. The van der Waals surface area contributed by atoms with Crippen LogP contribution in [0.2, 0.25) is 0 Å².